The SMILES string of the molecule is Cc1n[nH]c(C)c1NC(=O)c1ccccc1CCN. The minimum Gasteiger partial charge on any atom is -0.330 e. The molecule has 1 heterocycles. The normalized spacial score (nSPS) is 10.5. The van der Waals surface area contributed by atoms with Crippen LogP contribution in [-0.2, 0) is 6.42 Å². The molecular formula is C14H18N4O. The maximum atomic E-state index is 12.3. The summed E-state index contributed by atoms with van der Waals surface area (Å²) in [6.45, 7) is 4.25. The van der Waals surface area contributed by atoms with Crippen LogP contribution in [-0.4, -0.2) is 22.6 Å². The van der Waals surface area contributed by atoms with E-state index >= 15 is 0 Å². The first-order valence-electron chi connectivity index (χ1n) is 6.24. The Balaban J connectivity index is 2.25. The van der Waals surface area contributed by atoms with Gasteiger partial charge < -0.3 is 11.1 Å². The van der Waals surface area contributed by atoms with Crippen LogP contribution in [0.5, 0.6) is 0 Å². The van der Waals surface area contributed by atoms with Gasteiger partial charge in [-0.15, -0.1) is 0 Å². The van der Waals surface area contributed by atoms with Crippen molar-refractivity contribution in [1.82, 2.24) is 10.2 Å². The zero-order chi connectivity index (χ0) is 13.8. The lowest BCUT2D eigenvalue weighted by molar-refractivity contribution is 0.102. The van der Waals surface area contributed by atoms with Crippen LogP contribution >= 0.6 is 0 Å². The maximum absolute atomic E-state index is 12.3. The van der Waals surface area contributed by atoms with Crippen LogP contribution in [0.3, 0.4) is 0 Å². The molecule has 0 saturated carbocycles. The van der Waals surface area contributed by atoms with Gasteiger partial charge in [0.25, 0.3) is 5.91 Å². The number of aromatic amines is 1. The van der Waals surface area contributed by atoms with Crippen LogP contribution in [0.15, 0.2) is 24.3 Å². The Kier molecular flexibility index (Phi) is 3.97. The third-order valence-electron chi connectivity index (χ3n) is 3.04. The Hall–Kier alpha value is -2.14. The van der Waals surface area contributed by atoms with Crippen LogP contribution in [0.1, 0.15) is 27.3 Å². The molecule has 0 aliphatic rings. The van der Waals surface area contributed by atoms with E-state index in [-0.39, 0.29) is 5.91 Å². The molecular weight excluding hydrogens is 240 g/mol. The first-order chi connectivity index (χ1) is 9.13. The van der Waals surface area contributed by atoms with Crippen molar-refractivity contribution in [3.8, 4) is 0 Å². The van der Waals surface area contributed by atoms with E-state index in [1.807, 2.05) is 38.1 Å². The Morgan fingerprint density at radius 2 is 2.11 bits per heavy atom. The summed E-state index contributed by atoms with van der Waals surface area (Å²) in [5.74, 6) is -0.128. The molecule has 5 nitrogen and oxygen atoms in total. The second-order valence-electron chi connectivity index (χ2n) is 4.46. The van der Waals surface area contributed by atoms with E-state index < -0.39 is 0 Å². The van der Waals surface area contributed by atoms with Gasteiger partial charge in [-0.25, -0.2) is 0 Å². The lowest BCUT2D eigenvalue weighted by Crippen LogP contribution is -2.16. The van der Waals surface area contributed by atoms with E-state index in [0.29, 0.717) is 18.5 Å². The third-order valence-corrected chi connectivity index (χ3v) is 3.04. The molecule has 2 aromatic rings. The first-order valence-corrected chi connectivity index (χ1v) is 6.24. The van der Waals surface area contributed by atoms with Crippen molar-refractivity contribution >= 4 is 11.6 Å². The van der Waals surface area contributed by atoms with E-state index in [1.54, 1.807) is 0 Å². The van der Waals surface area contributed by atoms with Crippen molar-refractivity contribution in [3.05, 3.63) is 46.8 Å². The number of hydrogen-bond acceptors (Lipinski definition) is 3. The van der Waals surface area contributed by atoms with Crippen molar-refractivity contribution in [2.24, 2.45) is 5.73 Å². The number of H-pyrrole nitrogens is 1. The summed E-state index contributed by atoms with van der Waals surface area (Å²) in [5, 5.41) is 9.81. The Morgan fingerprint density at radius 1 is 1.37 bits per heavy atom. The van der Waals surface area contributed by atoms with Crippen LogP contribution in [0.25, 0.3) is 0 Å². The van der Waals surface area contributed by atoms with Gasteiger partial charge in [-0.05, 0) is 38.4 Å². The third kappa shape index (κ3) is 2.82. The second kappa shape index (κ2) is 5.67. The van der Waals surface area contributed by atoms with Crippen molar-refractivity contribution < 1.29 is 4.79 Å². The first kappa shape index (κ1) is 13.3. The van der Waals surface area contributed by atoms with Gasteiger partial charge in [0.2, 0.25) is 0 Å². The largest absolute Gasteiger partial charge is 0.330 e. The fraction of sp³-hybridized carbons (Fsp3) is 0.286. The number of aromatic nitrogens is 2. The van der Waals surface area contributed by atoms with Gasteiger partial charge in [0, 0.05) is 5.56 Å². The van der Waals surface area contributed by atoms with E-state index in [0.717, 1.165) is 22.6 Å². The quantitative estimate of drug-likeness (QED) is 0.781. The average Bonchev–Trinajstić information content (AvgIpc) is 2.71. The number of benzene rings is 1. The molecule has 1 aromatic heterocycles. The summed E-state index contributed by atoms with van der Waals surface area (Å²) in [4.78, 5) is 12.3. The fourth-order valence-electron chi connectivity index (χ4n) is 2.03. The van der Waals surface area contributed by atoms with Crippen LogP contribution in [0.4, 0.5) is 5.69 Å². The molecule has 0 saturated heterocycles. The summed E-state index contributed by atoms with van der Waals surface area (Å²) in [7, 11) is 0. The molecule has 0 aliphatic heterocycles. The van der Waals surface area contributed by atoms with Gasteiger partial charge in [0.05, 0.1) is 17.1 Å². The number of rotatable bonds is 4. The average molecular weight is 258 g/mol. The van der Waals surface area contributed by atoms with Crippen LogP contribution in [0.2, 0.25) is 0 Å². The van der Waals surface area contributed by atoms with Crippen LogP contribution in [0, 0.1) is 13.8 Å². The highest BCUT2D eigenvalue weighted by Crippen LogP contribution is 2.18. The lowest BCUT2D eigenvalue weighted by Gasteiger charge is -2.09. The predicted molar refractivity (Wildman–Crippen MR) is 75.2 cm³/mol. The number of anilines is 1. The van der Waals surface area contributed by atoms with Gasteiger partial charge in [-0.2, -0.15) is 5.10 Å². The molecule has 0 aliphatic carbocycles. The van der Waals surface area contributed by atoms with E-state index in [2.05, 4.69) is 15.5 Å². The number of aryl methyl sites for hydroxylation is 2. The smallest absolute Gasteiger partial charge is 0.256 e. The highest BCUT2D eigenvalue weighted by Gasteiger charge is 2.14. The molecule has 1 amide bonds. The molecule has 5 heteroatoms. The molecule has 1 aromatic carbocycles. The zero-order valence-electron chi connectivity index (χ0n) is 11.2. The Bertz CT molecular complexity index is 569. The predicted octanol–water partition coefficient (Wildman–Crippen LogP) is 1.78. The van der Waals surface area contributed by atoms with Gasteiger partial charge >= 0.3 is 0 Å². The van der Waals surface area contributed by atoms with Crippen molar-refractivity contribution in [2.45, 2.75) is 20.3 Å². The van der Waals surface area contributed by atoms with Crippen molar-refractivity contribution in [2.75, 3.05) is 11.9 Å². The topological polar surface area (TPSA) is 83.8 Å². The van der Waals surface area contributed by atoms with E-state index in [4.69, 9.17) is 5.73 Å². The number of carbonyl (C=O) groups excluding carboxylic acids is 1. The molecule has 100 valence electrons. The summed E-state index contributed by atoms with van der Waals surface area (Å²) in [6.07, 6.45) is 0.687. The lowest BCUT2D eigenvalue weighted by atomic mass is 10.0. The number of nitrogens with two attached hydrogens (primary N) is 1. The number of nitrogens with one attached hydrogen (secondary N) is 2. The minimum absolute atomic E-state index is 0.128. The van der Waals surface area contributed by atoms with Gasteiger partial charge in [-0.1, -0.05) is 18.2 Å². The summed E-state index contributed by atoms with van der Waals surface area (Å²) in [6, 6.07) is 7.50. The van der Waals surface area contributed by atoms with Crippen molar-refractivity contribution in [1.29, 1.82) is 0 Å². The number of carbonyl (C=O) groups is 1. The Labute approximate surface area is 112 Å². The number of amides is 1. The molecule has 4 N–H and O–H groups in total. The highest BCUT2D eigenvalue weighted by atomic mass is 16.1. The summed E-state index contributed by atoms with van der Waals surface area (Å²) >= 11 is 0. The maximum Gasteiger partial charge on any atom is 0.256 e. The minimum atomic E-state index is -0.128. The summed E-state index contributed by atoms with van der Waals surface area (Å²) < 4.78 is 0. The second-order valence-corrected chi connectivity index (χ2v) is 4.46. The molecule has 0 bridgehead atoms. The number of nitrogens with zero attached hydrogens (tertiary/aromatic N) is 1. The molecule has 0 fully saturated rings. The van der Waals surface area contributed by atoms with Gasteiger partial charge in [0.1, 0.15) is 0 Å². The molecule has 19 heavy (non-hydrogen) atoms. The molecule has 2 rings (SSSR count). The zero-order valence-corrected chi connectivity index (χ0v) is 11.2. The standard InChI is InChI=1S/C14H18N4O/c1-9-13(10(2)18-17-9)16-14(19)12-6-4-3-5-11(12)7-8-15/h3-6H,7-8,15H2,1-2H3,(H,16,19)(H,17,18). The molecule has 0 spiro atoms. The highest BCUT2D eigenvalue weighted by molar-refractivity contribution is 6.05. The number of hydrogen-bond donors (Lipinski definition) is 3. The van der Waals surface area contributed by atoms with E-state index in [9.17, 15) is 4.79 Å². The Morgan fingerprint density at radius 3 is 2.74 bits per heavy atom. The van der Waals surface area contributed by atoms with Gasteiger partial charge in [-0.3, -0.25) is 9.89 Å². The molecule has 0 unspecified atom stereocenters. The molecule has 0 radical (unpaired) electrons. The van der Waals surface area contributed by atoms with Crippen LogP contribution < -0.4 is 11.1 Å². The fourth-order valence-corrected chi connectivity index (χ4v) is 2.03. The summed E-state index contributed by atoms with van der Waals surface area (Å²) in [5.41, 5.74) is 9.56. The van der Waals surface area contributed by atoms with Gasteiger partial charge in [0.15, 0.2) is 0 Å². The van der Waals surface area contributed by atoms with E-state index in [1.165, 1.54) is 0 Å². The molecule has 0 atom stereocenters. The van der Waals surface area contributed by atoms with Crippen molar-refractivity contribution in [3.63, 3.8) is 0 Å². The monoisotopic (exact) mass is 258 g/mol.